The molecule has 0 spiro atoms. The minimum Gasteiger partial charge on any atom is -0.376 e. The molecule has 1 N–H and O–H groups in total. The number of ether oxygens (including phenoxy) is 1. The van der Waals surface area contributed by atoms with E-state index in [9.17, 15) is 9.59 Å². The molecule has 2 heterocycles. The van der Waals surface area contributed by atoms with Crippen LogP contribution in [0.25, 0.3) is 0 Å². The predicted octanol–water partition coefficient (Wildman–Crippen LogP) is 0.403. The van der Waals surface area contributed by atoms with Gasteiger partial charge >= 0.3 is 0 Å². The number of amides is 2. The first-order valence-corrected chi connectivity index (χ1v) is 6.70. The molecule has 20 heavy (non-hydrogen) atoms. The van der Waals surface area contributed by atoms with Crippen molar-refractivity contribution >= 4 is 23.4 Å². The second-order valence-electron chi connectivity index (χ2n) is 4.88. The molecule has 1 saturated heterocycles. The van der Waals surface area contributed by atoms with E-state index < -0.39 is 11.8 Å². The van der Waals surface area contributed by atoms with E-state index in [1.807, 2.05) is 0 Å². The maximum atomic E-state index is 12.0. The normalized spacial score (nSPS) is 27.9. The molecule has 0 bridgehead atoms. The van der Waals surface area contributed by atoms with Crippen LogP contribution in [0.1, 0.15) is 12.8 Å². The SMILES string of the molecule is O=C(NCC1CCCO1)C1=NC(=O)C2C=CC=CC2=N1. The molecule has 2 unspecified atom stereocenters. The van der Waals surface area contributed by atoms with Gasteiger partial charge in [0.15, 0.2) is 0 Å². The van der Waals surface area contributed by atoms with Crippen LogP contribution in [-0.4, -0.2) is 42.6 Å². The smallest absolute Gasteiger partial charge is 0.289 e. The Labute approximate surface area is 116 Å². The van der Waals surface area contributed by atoms with Gasteiger partial charge in [-0.2, -0.15) is 4.99 Å². The van der Waals surface area contributed by atoms with Crippen molar-refractivity contribution in [2.24, 2.45) is 15.9 Å². The summed E-state index contributed by atoms with van der Waals surface area (Å²) in [6, 6.07) is 0. The summed E-state index contributed by atoms with van der Waals surface area (Å²) in [6.07, 6.45) is 9.03. The number of aliphatic imine (C=N–C) groups is 2. The quantitative estimate of drug-likeness (QED) is 0.808. The van der Waals surface area contributed by atoms with Gasteiger partial charge in [-0.3, -0.25) is 9.59 Å². The van der Waals surface area contributed by atoms with Crippen molar-refractivity contribution in [1.82, 2.24) is 5.32 Å². The Kier molecular flexibility index (Phi) is 3.56. The number of hydrogen-bond acceptors (Lipinski definition) is 4. The molecular weight excluding hydrogens is 258 g/mol. The number of rotatable bonds is 3. The van der Waals surface area contributed by atoms with Crippen molar-refractivity contribution < 1.29 is 14.3 Å². The van der Waals surface area contributed by atoms with Gasteiger partial charge in [-0.15, -0.1) is 0 Å². The molecule has 2 aliphatic heterocycles. The summed E-state index contributed by atoms with van der Waals surface area (Å²) in [7, 11) is 0. The zero-order valence-electron chi connectivity index (χ0n) is 10.9. The fourth-order valence-electron chi connectivity index (χ4n) is 2.36. The molecule has 0 saturated carbocycles. The van der Waals surface area contributed by atoms with E-state index in [0.717, 1.165) is 19.4 Å². The summed E-state index contributed by atoms with van der Waals surface area (Å²) in [6.45, 7) is 1.16. The Hall–Kier alpha value is -2.08. The van der Waals surface area contributed by atoms with Crippen LogP contribution in [0.4, 0.5) is 0 Å². The lowest BCUT2D eigenvalue weighted by Gasteiger charge is -2.17. The fourth-order valence-corrected chi connectivity index (χ4v) is 2.36. The third kappa shape index (κ3) is 2.60. The van der Waals surface area contributed by atoms with Gasteiger partial charge in [0, 0.05) is 13.2 Å². The van der Waals surface area contributed by atoms with Gasteiger partial charge in [-0.25, -0.2) is 4.99 Å². The zero-order chi connectivity index (χ0) is 13.9. The largest absolute Gasteiger partial charge is 0.376 e. The molecule has 6 heteroatoms. The third-order valence-corrected chi connectivity index (χ3v) is 3.43. The average Bonchev–Trinajstić information content (AvgIpc) is 2.98. The highest BCUT2D eigenvalue weighted by atomic mass is 16.5. The minimum absolute atomic E-state index is 0.0525. The molecule has 6 nitrogen and oxygen atoms in total. The van der Waals surface area contributed by atoms with E-state index in [2.05, 4.69) is 15.3 Å². The van der Waals surface area contributed by atoms with Crippen LogP contribution in [0.5, 0.6) is 0 Å². The topological polar surface area (TPSA) is 80.1 Å². The third-order valence-electron chi connectivity index (χ3n) is 3.43. The Bertz CT molecular complexity index is 554. The van der Waals surface area contributed by atoms with Crippen LogP contribution in [0.2, 0.25) is 0 Å². The summed E-state index contributed by atoms with van der Waals surface area (Å²) in [5, 5.41) is 2.71. The van der Waals surface area contributed by atoms with Crippen molar-refractivity contribution in [3.05, 3.63) is 24.3 Å². The summed E-state index contributed by atoms with van der Waals surface area (Å²) >= 11 is 0. The molecule has 2 amide bonds. The highest BCUT2D eigenvalue weighted by Gasteiger charge is 2.29. The summed E-state index contributed by atoms with van der Waals surface area (Å²) in [5.41, 5.74) is 0.565. The van der Waals surface area contributed by atoms with E-state index in [1.165, 1.54) is 0 Å². The van der Waals surface area contributed by atoms with Crippen LogP contribution in [-0.2, 0) is 14.3 Å². The lowest BCUT2D eigenvalue weighted by Crippen LogP contribution is -2.39. The Morgan fingerprint density at radius 1 is 1.40 bits per heavy atom. The van der Waals surface area contributed by atoms with E-state index in [0.29, 0.717) is 12.3 Å². The van der Waals surface area contributed by atoms with Gasteiger partial charge < -0.3 is 10.1 Å². The minimum atomic E-state index is -0.449. The molecule has 0 aromatic carbocycles. The summed E-state index contributed by atoms with van der Waals surface area (Å²) in [5.74, 6) is -1.30. The molecule has 104 valence electrons. The maximum Gasteiger partial charge on any atom is 0.289 e. The first-order valence-electron chi connectivity index (χ1n) is 6.70. The van der Waals surface area contributed by atoms with Gasteiger partial charge in [0.25, 0.3) is 11.8 Å². The molecular formula is C14H15N3O3. The van der Waals surface area contributed by atoms with E-state index in [1.54, 1.807) is 24.3 Å². The predicted molar refractivity (Wildman–Crippen MR) is 73.6 cm³/mol. The molecule has 0 aromatic heterocycles. The van der Waals surface area contributed by atoms with Gasteiger partial charge in [0.1, 0.15) is 5.92 Å². The van der Waals surface area contributed by atoms with Crippen LogP contribution in [0.15, 0.2) is 34.3 Å². The van der Waals surface area contributed by atoms with E-state index >= 15 is 0 Å². The molecule has 3 rings (SSSR count). The first kappa shape index (κ1) is 12.9. The van der Waals surface area contributed by atoms with Gasteiger partial charge in [-0.1, -0.05) is 18.2 Å². The molecule has 3 aliphatic rings. The van der Waals surface area contributed by atoms with Gasteiger partial charge in [0.2, 0.25) is 5.84 Å². The van der Waals surface area contributed by atoms with Gasteiger partial charge in [0.05, 0.1) is 11.8 Å². The molecule has 0 radical (unpaired) electrons. The van der Waals surface area contributed by atoms with Crippen molar-refractivity contribution in [3.8, 4) is 0 Å². The molecule has 1 fully saturated rings. The molecule has 1 aliphatic carbocycles. The Morgan fingerprint density at radius 3 is 3.10 bits per heavy atom. The van der Waals surface area contributed by atoms with Crippen molar-refractivity contribution in [3.63, 3.8) is 0 Å². The Morgan fingerprint density at radius 2 is 2.30 bits per heavy atom. The van der Waals surface area contributed by atoms with Crippen LogP contribution in [0.3, 0.4) is 0 Å². The van der Waals surface area contributed by atoms with E-state index in [-0.39, 0.29) is 17.8 Å². The number of nitrogens with zero attached hydrogens (tertiary/aromatic N) is 2. The number of fused-ring (bicyclic) bond motifs is 1. The maximum absolute atomic E-state index is 12.0. The Balaban J connectivity index is 1.66. The lowest BCUT2D eigenvalue weighted by atomic mass is 9.96. The monoisotopic (exact) mass is 273 g/mol. The van der Waals surface area contributed by atoms with E-state index in [4.69, 9.17) is 4.74 Å². The second-order valence-corrected chi connectivity index (χ2v) is 4.88. The average molecular weight is 273 g/mol. The second kappa shape index (κ2) is 5.50. The standard InChI is InChI=1S/C14H15N3O3/c18-13-10-5-1-2-6-11(10)16-12(17-13)14(19)15-8-9-4-3-7-20-9/h1-2,5-6,9-10H,3-4,7-8H2,(H,15,19). The lowest BCUT2D eigenvalue weighted by molar-refractivity contribution is -0.120. The zero-order valence-corrected chi connectivity index (χ0v) is 10.9. The fraction of sp³-hybridized carbons (Fsp3) is 0.429. The highest BCUT2D eigenvalue weighted by Crippen LogP contribution is 2.16. The van der Waals surface area contributed by atoms with Crippen molar-refractivity contribution in [1.29, 1.82) is 0 Å². The van der Waals surface area contributed by atoms with Gasteiger partial charge in [-0.05, 0) is 18.9 Å². The van der Waals surface area contributed by atoms with Crippen molar-refractivity contribution in [2.75, 3.05) is 13.2 Å². The number of carbonyl (C=O) groups is 2. The summed E-state index contributed by atoms with van der Waals surface area (Å²) < 4.78 is 5.42. The number of amidine groups is 1. The molecule has 0 aromatic rings. The number of nitrogens with one attached hydrogen (secondary N) is 1. The first-order chi connectivity index (χ1) is 9.74. The van der Waals surface area contributed by atoms with Crippen LogP contribution >= 0.6 is 0 Å². The van der Waals surface area contributed by atoms with Crippen LogP contribution < -0.4 is 5.32 Å². The number of carbonyl (C=O) groups excluding carboxylic acids is 2. The number of hydrogen-bond donors (Lipinski definition) is 1. The van der Waals surface area contributed by atoms with Crippen LogP contribution in [0, 0.1) is 5.92 Å². The van der Waals surface area contributed by atoms with Crippen molar-refractivity contribution in [2.45, 2.75) is 18.9 Å². The number of allylic oxidation sites excluding steroid dienone is 3. The molecule has 2 atom stereocenters. The highest BCUT2D eigenvalue weighted by molar-refractivity contribution is 6.44. The summed E-state index contributed by atoms with van der Waals surface area (Å²) in [4.78, 5) is 31.7.